The Kier molecular flexibility index (Phi) is 3.17. The fraction of sp³-hybridized carbons (Fsp3) is 0.100. The van der Waals surface area contributed by atoms with Crippen LogP contribution in [0.1, 0.15) is 16.1 Å². The molecule has 0 saturated carbocycles. The highest BCUT2D eigenvalue weighted by molar-refractivity contribution is 6.32. The van der Waals surface area contributed by atoms with Crippen LogP contribution >= 0.6 is 11.6 Å². The van der Waals surface area contributed by atoms with E-state index in [1.54, 1.807) is 6.92 Å². The van der Waals surface area contributed by atoms with Gasteiger partial charge in [0.05, 0.1) is 16.8 Å². The molecule has 1 aromatic heterocycles. The van der Waals surface area contributed by atoms with Crippen LogP contribution in [0, 0.1) is 17.0 Å². The third kappa shape index (κ3) is 2.38. The maximum atomic E-state index is 10.7. The first-order valence-electron chi connectivity index (χ1n) is 5.00. The number of hydrogen-bond acceptors (Lipinski definition) is 5. The van der Waals surface area contributed by atoms with Crippen molar-refractivity contribution in [2.24, 2.45) is 0 Å². The number of carbonyl (C=O) groups is 1. The van der Waals surface area contributed by atoms with Crippen LogP contribution in [-0.2, 0) is 0 Å². The van der Waals surface area contributed by atoms with Gasteiger partial charge < -0.3 is 5.11 Å². The summed E-state index contributed by atoms with van der Waals surface area (Å²) in [6.07, 6.45) is 1.20. The highest BCUT2D eigenvalue weighted by atomic mass is 35.5. The summed E-state index contributed by atoms with van der Waals surface area (Å²) in [7, 11) is 0. The molecule has 1 heterocycles. The van der Waals surface area contributed by atoms with Gasteiger partial charge in [-0.3, -0.25) is 10.1 Å². The zero-order valence-corrected chi connectivity index (χ0v) is 10.3. The normalized spacial score (nSPS) is 10.4. The molecule has 0 aliphatic heterocycles. The molecule has 0 unspecified atom stereocenters. The number of aryl methyl sites for hydroxylation is 1. The topological polar surface area (TPSA) is 111 Å². The van der Waals surface area contributed by atoms with E-state index in [0.717, 1.165) is 0 Å². The summed E-state index contributed by atoms with van der Waals surface area (Å²) in [6, 6.07) is 2.63. The number of nitrogens with zero attached hydrogens (tertiary/aromatic N) is 4. The van der Waals surface area contributed by atoms with Crippen LogP contribution in [0.5, 0.6) is 0 Å². The average molecular weight is 283 g/mol. The maximum Gasteiger partial charge on any atom is 0.358 e. The Hall–Kier alpha value is -2.48. The molecule has 8 nitrogen and oxygen atoms in total. The molecule has 98 valence electrons. The molecule has 0 spiro atoms. The van der Waals surface area contributed by atoms with Gasteiger partial charge in [0.1, 0.15) is 5.02 Å². The quantitative estimate of drug-likeness (QED) is 0.679. The standard InChI is InChI=1S/C10H7ClN4O4/c1-5-2-9(15(18)19)6(11)3-8(5)14-4-7(10(16)17)12-13-14/h2-4H,1H3,(H,16,17). The Bertz CT molecular complexity index is 682. The molecule has 1 N–H and O–H groups in total. The first-order chi connectivity index (χ1) is 8.90. The molecule has 9 heteroatoms. The van der Waals surface area contributed by atoms with E-state index in [1.807, 2.05) is 0 Å². The van der Waals surface area contributed by atoms with Crippen molar-refractivity contribution in [3.05, 3.63) is 44.7 Å². The third-order valence-corrected chi connectivity index (χ3v) is 2.72. The number of nitro benzene ring substituents is 1. The summed E-state index contributed by atoms with van der Waals surface area (Å²) in [5.74, 6) is -1.21. The molecule has 0 aliphatic carbocycles. The minimum absolute atomic E-state index is 0.0574. The molecule has 19 heavy (non-hydrogen) atoms. The van der Waals surface area contributed by atoms with Crippen LogP contribution < -0.4 is 0 Å². The van der Waals surface area contributed by atoms with Crippen LogP contribution in [0.2, 0.25) is 5.02 Å². The number of carboxylic acids is 1. The van der Waals surface area contributed by atoms with Gasteiger partial charge in [-0.15, -0.1) is 5.10 Å². The van der Waals surface area contributed by atoms with E-state index in [-0.39, 0.29) is 16.4 Å². The first kappa shape index (κ1) is 13.0. The number of aromatic nitrogens is 3. The summed E-state index contributed by atoms with van der Waals surface area (Å²) >= 11 is 5.80. The van der Waals surface area contributed by atoms with E-state index in [0.29, 0.717) is 11.3 Å². The van der Waals surface area contributed by atoms with Crippen molar-refractivity contribution in [1.82, 2.24) is 15.0 Å². The number of hydrogen-bond donors (Lipinski definition) is 1. The average Bonchev–Trinajstić information content (AvgIpc) is 2.80. The van der Waals surface area contributed by atoms with E-state index in [4.69, 9.17) is 16.7 Å². The van der Waals surface area contributed by atoms with Crippen LogP contribution in [-0.4, -0.2) is 31.0 Å². The SMILES string of the molecule is Cc1cc([N+](=O)[O-])c(Cl)cc1-n1cc(C(=O)O)nn1. The van der Waals surface area contributed by atoms with Crippen LogP contribution in [0.4, 0.5) is 5.69 Å². The van der Waals surface area contributed by atoms with Crippen molar-refractivity contribution in [2.45, 2.75) is 6.92 Å². The Morgan fingerprint density at radius 3 is 2.74 bits per heavy atom. The fourth-order valence-corrected chi connectivity index (χ4v) is 1.75. The summed E-state index contributed by atoms with van der Waals surface area (Å²) < 4.78 is 1.20. The van der Waals surface area contributed by atoms with E-state index in [9.17, 15) is 14.9 Å². The molecule has 0 amide bonds. The van der Waals surface area contributed by atoms with Gasteiger partial charge in [-0.05, 0) is 18.6 Å². The van der Waals surface area contributed by atoms with Gasteiger partial charge in [0.15, 0.2) is 5.69 Å². The molecule has 0 radical (unpaired) electrons. The van der Waals surface area contributed by atoms with Crippen LogP contribution in [0.3, 0.4) is 0 Å². The molecule has 0 fully saturated rings. The first-order valence-corrected chi connectivity index (χ1v) is 5.38. The van der Waals surface area contributed by atoms with Gasteiger partial charge >= 0.3 is 5.97 Å². The fourth-order valence-electron chi connectivity index (χ4n) is 1.52. The second-order valence-corrected chi connectivity index (χ2v) is 4.11. The smallest absolute Gasteiger partial charge is 0.358 e. The predicted octanol–water partition coefficient (Wildman–Crippen LogP) is 1.84. The van der Waals surface area contributed by atoms with E-state index < -0.39 is 10.9 Å². The van der Waals surface area contributed by atoms with Crippen molar-refractivity contribution in [2.75, 3.05) is 0 Å². The summed E-state index contributed by atoms with van der Waals surface area (Å²) in [5, 5.41) is 26.5. The van der Waals surface area contributed by atoms with E-state index >= 15 is 0 Å². The number of nitro groups is 1. The van der Waals surface area contributed by atoms with Crippen molar-refractivity contribution in [3.8, 4) is 5.69 Å². The lowest BCUT2D eigenvalue weighted by molar-refractivity contribution is -0.384. The van der Waals surface area contributed by atoms with Gasteiger partial charge in [-0.1, -0.05) is 16.8 Å². The van der Waals surface area contributed by atoms with Gasteiger partial charge in [0, 0.05) is 6.07 Å². The molecule has 0 saturated heterocycles. The molecule has 1 aromatic carbocycles. The Labute approximate surface area is 111 Å². The maximum absolute atomic E-state index is 10.7. The van der Waals surface area contributed by atoms with Crippen molar-refractivity contribution in [3.63, 3.8) is 0 Å². The lowest BCUT2D eigenvalue weighted by atomic mass is 10.2. The zero-order valence-electron chi connectivity index (χ0n) is 9.57. The van der Waals surface area contributed by atoms with Crippen molar-refractivity contribution < 1.29 is 14.8 Å². The lowest BCUT2D eigenvalue weighted by Gasteiger charge is -2.05. The molecule has 0 aliphatic rings. The number of carboxylic acid groups (broad SMARTS) is 1. The van der Waals surface area contributed by atoms with Crippen molar-refractivity contribution >= 4 is 23.3 Å². The molecule has 0 atom stereocenters. The summed E-state index contributed by atoms with van der Waals surface area (Å²) in [5.41, 5.74) is 0.504. The van der Waals surface area contributed by atoms with Crippen molar-refractivity contribution in [1.29, 1.82) is 0 Å². The minimum Gasteiger partial charge on any atom is -0.476 e. The number of aromatic carboxylic acids is 1. The molecule has 2 rings (SSSR count). The number of benzene rings is 1. The largest absolute Gasteiger partial charge is 0.476 e. The van der Waals surface area contributed by atoms with E-state index in [1.165, 1.54) is 23.0 Å². The van der Waals surface area contributed by atoms with Crippen LogP contribution in [0.15, 0.2) is 18.3 Å². The Morgan fingerprint density at radius 2 is 2.21 bits per heavy atom. The van der Waals surface area contributed by atoms with Gasteiger partial charge in [0.25, 0.3) is 5.69 Å². The monoisotopic (exact) mass is 282 g/mol. The Balaban J connectivity index is 2.53. The van der Waals surface area contributed by atoms with Gasteiger partial charge in [-0.25, -0.2) is 9.48 Å². The van der Waals surface area contributed by atoms with Gasteiger partial charge in [-0.2, -0.15) is 0 Å². The highest BCUT2D eigenvalue weighted by Crippen LogP contribution is 2.29. The zero-order chi connectivity index (χ0) is 14.2. The summed E-state index contributed by atoms with van der Waals surface area (Å²) in [6.45, 7) is 1.63. The van der Waals surface area contributed by atoms with E-state index in [2.05, 4.69) is 10.3 Å². The Morgan fingerprint density at radius 1 is 1.53 bits per heavy atom. The molecular weight excluding hydrogens is 276 g/mol. The highest BCUT2D eigenvalue weighted by Gasteiger charge is 2.17. The van der Waals surface area contributed by atoms with Gasteiger partial charge in [0.2, 0.25) is 0 Å². The number of rotatable bonds is 3. The lowest BCUT2D eigenvalue weighted by Crippen LogP contribution is -2.00. The predicted molar refractivity (Wildman–Crippen MR) is 64.7 cm³/mol. The third-order valence-electron chi connectivity index (χ3n) is 2.42. The minimum atomic E-state index is -1.21. The molecule has 0 bridgehead atoms. The molecule has 2 aromatic rings. The summed E-state index contributed by atoms with van der Waals surface area (Å²) in [4.78, 5) is 20.8. The number of halogens is 1. The second-order valence-electron chi connectivity index (χ2n) is 3.70. The second kappa shape index (κ2) is 4.65. The molecular formula is C10H7ClN4O4. The van der Waals surface area contributed by atoms with Crippen LogP contribution in [0.25, 0.3) is 5.69 Å².